The third-order valence-electron chi connectivity index (χ3n) is 11.7. The highest BCUT2D eigenvalue weighted by molar-refractivity contribution is 5.71. The first-order valence-electron chi connectivity index (χ1n) is 26.3. The molecule has 0 spiro atoms. The Morgan fingerprint density at radius 3 is 1.02 bits per heavy atom. The van der Waals surface area contributed by atoms with Gasteiger partial charge in [-0.05, 0) is 38.5 Å². The van der Waals surface area contributed by atoms with Gasteiger partial charge in [-0.15, -0.1) is 0 Å². The standard InChI is InChI=1S/C54H100O6/c1-4-7-10-13-16-19-22-25-27-30-32-35-38-41-44-47-53(56)59-50-51(49-58-52(55)46-43-40-37-34-31-28-24-21-18-15-12-9-6-3)60-54(57)48-45-42-39-36-33-29-26-23-20-17-14-11-8-5-2/h28,31,37,40,51H,4-27,29-30,32-36,38-39,41-50H2,1-3H3/b31-28+,40-37+. The molecule has 0 aromatic carbocycles. The predicted molar refractivity (Wildman–Crippen MR) is 256 cm³/mol. The van der Waals surface area contributed by atoms with E-state index < -0.39 is 6.10 Å². The Balaban J connectivity index is 4.38. The zero-order valence-corrected chi connectivity index (χ0v) is 40.2. The van der Waals surface area contributed by atoms with Gasteiger partial charge in [0.2, 0.25) is 0 Å². The summed E-state index contributed by atoms with van der Waals surface area (Å²) in [5.41, 5.74) is 0. The van der Waals surface area contributed by atoms with E-state index in [2.05, 4.69) is 39.0 Å². The zero-order valence-electron chi connectivity index (χ0n) is 40.2. The molecule has 6 nitrogen and oxygen atoms in total. The van der Waals surface area contributed by atoms with Gasteiger partial charge in [-0.2, -0.15) is 0 Å². The predicted octanol–water partition coefficient (Wildman–Crippen LogP) is 17.2. The fourth-order valence-corrected chi connectivity index (χ4v) is 7.73. The van der Waals surface area contributed by atoms with E-state index in [1.165, 1.54) is 186 Å². The maximum Gasteiger partial charge on any atom is 0.306 e. The lowest BCUT2D eigenvalue weighted by molar-refractivity contribution is -0.166. The summed E-state index contributed by atoms with van der Waals surface area (Å²) in [6, 6.07) is 0. The molecule has 1 atom stereocenters. The molecule has 0 aliphatic rings. The number of unbranched alkanes of at least 4 members (excludes halogenated alkanes) is 33. The van der Waals surface area contributed by atoms with Crippen molar-refractivity contribution in [3.8, 4) is 0 Å². The molecular formula is C54H100O6. The van der Waals surface area contributed by atoms with Gasteiger partial charge in [0, 0.05) is 19.3 Å². The molecule has 0 radical (unpaired) electrons. The Labute approximate surface area is 373 Å². The van der Waals surface area contributed by atoms with E-state index in [9.17, 15) is 14.4 Å². The minimum Gasteiger partial charge on any atom is -0.462 e. The Hall–Kier alpha value is -2.11. The summed E-state index contributed by atoms with van der Waals surface area (Å²) in [6.45, 7) is 6.61. The normalized spacial score (nSPS) is 12.1. The fourth-order valence-electron chi connectivity index (χ4n) is 7.73. The van der Waals surface area contributed by atoms with Gasteiger partial charge in [-0.25, -0.2) is 0 Å². The van der Waals surface area contributed by atoms with Crippen LogP contribution in [0.2, 0.25) is 0 Å². The number of carbonyl (C=O) groups excluding carboxylic acids is 3. The van der Waals surface area contributed by atoms with Crippen LogP contribution in [0.1, 0.15) is 284 Å². The molecular weight excluding hydrogens is 745 g/mol. The van der Waals surface area contributed by atoms with Crippen molar-refractivity contribution in [1.82, 2.24) is 0 Å². The van der Waals surface area contributed by atoms with Gasteiger partial charge in [0.1, 0.15) is 13.2 Å². The molecule has 0 aliphatic carbocycles. The van der Waals surface area contributed by atoms with Crippen LogP contribution in [-0.2, 0) is 28.6 Å². The fraction of sp³-hybridized carbons (Fsp3) is 0.870. The van der Waals surface area contributed by atoms with E-state index in [1.807, 2.05) is 6.08 Å². The second kappa shape index (κ2) is 49.5. The molecule has 0 rings (SSSR count). The topological polar surface area (TPSA) is 78.9 Å². The molecule has 1 unspecified atom stereocenters. The van der Waals surface area contributed by atoms with Gasteiger partial charge >= 0.3 is 17.9 Å². The second-order valence-electron chi connectivity index (χ2n) is 17.8. The maximum absolute atomic E-state index is 12.8. The highest BCUT2D eigenvalue weighted by atomic mass is 16.6. The van der Waals surface area contributed by atoms with Gasteiger partial charge < -0.3 is 14.2 Å². The average Bonchev–Trinajstić information content (AvgIpc) is 3.24. The lowest BCUT2D eigenvalue weighted by Gasteiger charge is -2.18. The van der Waals surface area contributed by atoms with Crippen molar-refractivity contribution in [2.24, 2.45) is 0 Å². The van der Waals surface area contributed by atoms with E-state index in [1.54, 1.807) is 0 Å². The molecule has 0 aliphatic heterocycles. The van der Waals surface area contributed by atoms with Crippen molar-refractivity contribution >= 4 is 17.9 Å². The van der Waals surface area contributed by atoms with Crippen molar-refractivity contribution in [2.75, 3.05) is 13.2 Å². The number of hydrogen-bond acceptors (Lipinski definition) is 6. The third kappa shape index (κ3) is 46.9. The molecule has 6 heteroatoms. The molecule has 0 saturated heterocycles. The highest BCUT2D eigenvalue weighted by Crippen LogP contribution is 2.16. The van der Waals surface area contributed by atoms with Gasteiger partial charge in [-0.3, -0.25) is 14.4 Å². The van der Waals surface area contributed by atoms with E-state index >= 15 is 0 Å². The molecule has 0 heterocycles. The number of allylic oxidation sites excluding steroid dienone is 4. The number of rotatable bonds is 48. The Bertz CT molecular complexity index is 973. The molecule has 0 N–H and O–H groups in total. The quantitative estimate of drug-likeness (QED) is 0.0263. The minimum absolute atomic E-state index is 0.0830. The van der Waals surface area contributed by atoms with Crippen molar-refractivity contribution in [3.63, 3.8) is 0 Å². The average molecular weight is 845 g/mol. The number of esters is 3. The first-order valence-corrected chi connectivity index (χ1v) is 26.3. The summed E-state index contributed by atoms with van der Waals surface area (Å²) in [7, 11) is 0. The van der Waals surface area contributed by atoms with Crippen LogP contribution in [0.25, 0.3) is 0 Å². The minimum atomic E-state index is -0.787. The van der Waals surface area contributed by atoms with Crippen LogP contribution in [0.4, 0.5) is 0 Å². The lowest BCUT2D eigenvalue weighted by atomic mass is 10.0. The van der Waals surface area contributed by atoms with Crippen LogP contribution in [0.15, 0.2) is 24.3 Å². The molecule has 0 aromatic heterocycles. The van der Waals surface area contributed by atoms with E-state index in [0.29, 0.717) is 19.3 Å². The smallest absolute Gasteiger partial charge is 0.306 e. The highest BCUT2D eigenvalue weighted by Gasteiger charge is 2.19. The maximum atomic E-state index is 12.8. The van der Waals surface area contributed by atoms with E-state index in [-0.39, 0.29) is 37.5 Å². The number of ether oxygens (including phenoxy) is 3. The van der Waals surface area contributed by atoms with Crippen LogP contribution in [0.3, 0.4) is 0 Å². The first-order chi connectivity index (χ1) is 29.5. The van der Waals surface area contributed by atoms with Crippen LogP contribution < -0.4 is 0 Å². The van der Waals surface area contributed by atoms with Crippen LogP contribution in [0.5, 0.6) is 0 Å². The van der Waals surface area contributed by atoms with Gasteiger partial charge in [0.25, 0.3) is 0 Å². The first kappa shape index (κ1) is 57.9. The summed E-state index contributed by atoms with van der Waals surface area (Å²) < 4.78 is 16.7. The Morgan fingerprint density at radius 2 is 0.633 bits per heavy atom. The number of carbonyl (C=O) groups is 3. The monoisotopic (exact) mass is 845 g/mol. The van der Waals surface area contributed by atoms with Crippen LogP contribution in [-0.4, -0.2) is 37.2 Å². The lowest BCUT2D eigenvalue weighted by Crippen LogP contribution is -2.30. The third-order valence-corrected chi connectivity index (χ3v) is 11.7. The van der Waals surface area contributed by atoms with E-state index in [0.717, 1.165) is 51.4 Å². The number of hydrogen-bond donors (Lipinski definition) is 0. The molecule has 0 amide bonds. The molecule has 0 bridgehead atoms. The molecule has 0 saturated carbocycles. The van der Waals surface area contributed by atoms with E-state index in [4.69, 9.17) is 14.2 Å². The Morgan fingerprint density at radius 1 is 0.333 bits per heavy atom. The van der Waals surface area contributed by atoms with Gasteiger partial charge in [0.05, 0.1) is 0 Å². The molecule has 0 fully saturated rings. The molecule has 60 heavy (non-hydrogen) atoms. The van der Waals surface area contributed by atoms with Crippen molar-refractivity contribution in [2.45, 2.75) is 290 Å². The SMILES string of the molecule is CCCCCCCC/C=C/C/C=C/CCC(=O)OCC(COC(=O)CCCCCCCCCCCCCCCCC)OC(=O)CCCCCCCCCCCCCCCC. The summed E-state index contributed by atoms with van der Waals surface area (Å²) >= 11 is 0. The summed E-state index contributed by atoms with van der Waals surface area (Å²) in [4.78, 5) is 37.9. The summed E-state index contributed by atoms with van der Waals surface area (Å²) in [5.74, 6) is -0.938. The largest absolute Gasteiger partial charge is 0.462 e. The molecule has 0 aromatic rings. The van der Waals surface area contributed by atoms with Gasteiger partial charge in [-0.1, -0.05) is 251 Å². The summed E-state index contributed by atoms with van der Waals surface area (Å²) in [5, 5.41) is 0. The van der Waals surface area contributed by atoms with Crippen molar-refractivity contribution < 1.29 is 28.6 Å². The second-order valence-corrected chi connectivity index (χ2v) is 17.8. The molecule has 352 valence electrons. The Kier molecular flexibility index (Phi) is 47.8. The van der Waals surface area contributed by atoms with Crippen LogP contribution in [0, 0.1) is 0 Å². The summed E-state index contributed by atoms with van der Waals surface area (Å²) in [6.07, 6.45) is 56.0. The zero-order chi connectivity index (χ0) is 43.7. The van der Waals surface area contributed by atoms with Gasteiger partial charge in [0.15, 0.2) is 6.10 Å². The van der Waals surface area contributed by atoms with Crippen molar-refractivity contribution in [1.29, 1.82) is 0 Å². The van der Waals surface area contributed by atoms with Crippen molar-refractivity contribution in [3.05, 3.63) is 24.3 Å². The van der Waals surface area contributed by atoms with Crippen LogP contribution >= 0.6 is 0 Å².